The number of aromatic nitrogens is 4. The molecule has 0 fully saturated rings. The predicted octanol–water partition coefficient (Wildman–Crippen LogP) is 3.55. The molecule has 0 spiro atoms. The normalized spacial score (nSPS) is 16.0. The first-order chi connectivity index (χ1) is 16.3. The first kappa shape index (κ1) is 25.5. The van der Waals surface area contributed by atoms with Crippen molar-refractivity contribution in [2.75, 3.05) is 11.9 Å². The van der Waals surface area contributed by atoms with Crippen LogP contribution in [0.1, 0.15) is 39.1 Å². The van der Waals surface area contributed by atoms with Crippen LogP contribution in [0.15, 0.2) is 54.2 Å². The van der Waals surface area contributed by atoms with Gasteiger partial charge in [-0.15, -0.1) is 0 Å². The minimum absolute atomic E-state index is 0. The highest BCUT2D eigenvalue weighted by atomic mass is 35.5. The second-order valence-corrected chi connectivity index (χ2v) is 9.90. The summed E-state index contributed by atoms with van der Waals surface area (Å²) in [5, 5.41) is 0.966. The van der Waals surface area contributed by atoms with Crippen LogP contribution in [0.25, 0.3) is 28.4 Å². The molecule has 5 nitrogen and oxygen atoms in total. The van der Waals surface area contributed by atoms with Gasteiger partial charge in [-0.2, -0.15) is 0 Å². The second-order valence-electron chi connectivity index (χ2n) is 9.08. The summed E-state index contributed by atoms with van der Waals surface area (Å²) in [6, 6.07) is 12.2. The Morgan fingerprint density at radius 1 is 1.03 bits per heavy atom. The molecule has 0 saturated heterocycles. The highest BCUT2D eigenvalue weighted by molar-refractivity contribution is 6.42. The van der Waals surface area contributed by atoms with E-state index in [2.05, 4.69) is 91.3 Å². The van der Waals surface area contributed by atoms with E-state index in [1.54, 1.807) is 12.1 Å². The first-order valence-corrected chi connectivity index (χ1v) is 12.3. The topological polar surface area (TPSA) is 37.8 Å². The van der Waals surface area contributed by atoms with E-state index < -0.39 is 0 Å². The Labute approximate surface area is 222 Å². The van der Waals surface area contributed by atoms with E-state index in [1.807, 2.05) is 0 Å². The van der Waals surface area contributed by atoms with Crippen LogP contribution in [0.4, 0.5) is 5.69 Å². The molecular formula is C27H28Cl3N5. The Bertz CT molecular complexity index is 1430. The lowest BCUT2D eigenvalue weighted by molar-refractivity contribution is -0.672. The zero-order chi connectivity index (χ0) is 24.2. The summed E-state index contributed by atoms with van der Waals surface area (Å²) in [5.41, 5.74) is 6.97. The van der Waals surface area contributed by atoms with Crippen molar-refractivity contribution < 1.29 is 17.0 Å². The number of nitrogens with zero attached hydrogens (tertiary/aromatic N) is 5. The van der Waals surface area contributed by atoms with Crippen molar-refractivity contribution in [1.29, 1.82) is 0 Å². The van der Waals surface area contributed by atoms with E-state index in [1.165, 1.54) is 16.9 Å². The Kier molecular flexibility index (Phi) is 6.89. The molecule has 0 bridgehead atoms. The SMILES string of the molecule is CCn1c(/C=C/C=C2/N(C)c3ccccc3C2(C)C)[n+](CC)c2nc3cc(Cl)c(Cl)cc3nc21.[Cl-]. The molecule has 1 aliphatic heterocycles. The number of allylic oxidation sites excluding steroid dienone is 3. The molecule has 4 aromatic rings. The summed E-state index contributed by atoms with van der Waals surface area (Å²) in [6.07, 6.45) is 6.51. The molecule has 0 atom stereocenters. The number of imidazole rings is 1. The molecule has 5 rings (SSSR count). The van der Waals surface area contributed by atoms with Crippen LogP contribution in [0.5, 0.6) is 0 Å². The molecule has 0 N–H and O–H groups in total. The predicted molar refractivity (Wildman–Crippen MR) is 142 cm³/mol. The average molecular weight is 529 g/mol. The monoisotopic (exact) mass is 527 g/mol. The van der Waals surface area contributed by atoms with E-state index in [-0.39, 0.29) is 17.8 Å². The largest absolute Gasteiger partial charge is 1.00 e. The van der Waals surface area contributed by atoms with Crippen LogP contribution in [0.2, 0.25) is 10.0 Å². The summed E-state index contributed by atoms with van der Waals surface area (Å²) in [4.78, 5) is 12.1. The van der Waals surface area contributed by atoms with Gasteiger partial charge in [0.2, 0.25) is 5.82 Å². The van der Waals surface area contributed by atoms with Crippen LogP contribution in [0.3, 0.4) is 0 Å². The average Bonchev–Trinajstić information content (AvgIpc) is 3.21. The number of fused-ring (bicyclic) bond motifs is 3. The summed E-state index contributed by atoms with van der Waals surface area (Å²) in [7, 11) is 2.14. The van der Waals surface area contributed by atoms with E-state index in [0.717, 1.165) is 41.2 Å². The molecule has 2 aromatic heterocycles. The van der Waals surface area contributed by atoms with E-state index in [0.29, 0.717) is 10.0 Å². The summed E-state index contributed by atoms with van der Waals surface area (Å²) >= 11 is 12.5. The Morgan fingerprint density at radius 3 is 2.31 bits per heavy atom. The zero-order valence-corrected chi connectivity index (χ0v) is 22.7. The number of likely N-dealkylation sites (N-methyl/N-ethyl adjacent to an activating group) is 1. The van der Waals surface area contributed by atoms with E-state index in [4.69, 9.17) is 33.2 Å². The van der Waals surface area contributed by atoms with Gasteiger partial charge in [0.05, 0.1) is 23.1 Å². The van der Waals surface area contributed by atoms with Crippen molar-refractivity contribution >= 4 is 57.3 Å². The van der Waals surface area contributed by atoms with E-state index >= 15 is 0 Å². The van der Waals surface area contributed by atoms with Gasteiger partial charge in [0.25, 0.3) is 5.65 Å². The maximum Gasteiger partial charge on any atom is 0.323 e. The second kappa shape index (κ2) is 9.45. The van der Waals surface area contributed by atoms with Crippen molar-refractivity contribution in [2.24, 2.45) is 0 Å². The molecule has 1 aliphatic rings. The number of para-hydroxylation sites is 1. The molecule has 2 aromatic carbocycles. The third-order valence-corrected chi connectivity index (χ3v) is 7.53. The molecular weight excluding hydrogens is 501 g/mol. The maximum atomic E-state index is 6.24. The van der Waals surface area contributed by atoms with Crippen LogP contribution < -0.4 is 21.9 Å². The van der Waals surface area contributed by atoms with Gasteiger partial charge in [0.1, 0.15) is 5.52 Å². The van der Waals surface area contributed by atoms with Crippen molar-refractivity contribution in [3.05, 3.63) is 75.7 Å². The van der Waals surface area contributed by atoms with Gasteiger partial charge in [0.15, 0.2) is 5.52 Å². The highest BCUT2D eigenvalue weighted by Gasteiger charge is 2.37. The van der Waals surface area contributed by atoms with Gasteiger partial charge in [-0.25, -0.2) is 14.1 Å². The lowest BCUT2D eigenvalue weighted by Crippen LogP contribution is -3.00. The summed E-state index contributed by atoms with van der Waals surface area (Å²) in [5.74, 6) is 1.06. The highest BCUT2D eigenvalue weighted by Crippen LogP contribution is 2.46. The molecule has 3 heterocycles. The van der Waals surface area contributed by atoms with Gasteiger partial charge in [-0.05, 0) is 37.6 Å². The fourth-order valence-corrected chi connectivity index (χ4v) is 5.40. The number of halogens is 3. The van der Waals surface area contributed by atoms with Crippen molar-refractivity contribution in [1.82, 2.24) is 14.5 Å². The lowest BCUT2D eigenvalue weighted by Gasteiger charge is -2.23. The summed E-state index contributed by atoms with van der Waals surface area (Å²) in [6.45, 7) is 10.4. The molecule has 0 amide bonds. The van der Waals surface area contributed by atoms with Crippen LogP contribution in [-0.4, -0.2) is 21.6 Å². The van der Waals surface area contributed by atoms with Crippen LogP contribution >= 0.6 is 23.2 Å². The standard InChI is InChI=1S/C27H28Cl2N5.ClH/c1-6-33-24(14-10-13-23-27(3,4)17-11-8-9-12-22(17)32(23)5)34(7-2)26-25(33)30-20-15-18(28)19(29)16-21(20)31-26;/h8-16H,6-7H2,1-5H3;1H/q+1;/p-1. The van der Waals surface area contributed by atoms with Gasteiger partial charge in [-0.1, -0.05) is 66.3 Å². The quantitative estimate of drug-likeness (QED) is 0.380. The van der Waals surface area contributed by atoms with Crippen LogP contribution in [0, 0.1) is 0 Å². The number of rotatable bonds is 4. The lowest BCUT2D eigenvalue weighted by atomic mass is 9.84. The number of hydrogen-bond donors (Lipinski definition) is 0. The Hall–Kier alpha value is -2.60. The van der Waals surface area contributed by atoms with E-state index in [9.17, 15) is 0 Å². The molecule has 182 valence electrons. The summed E-state index contributed by atoms with van der Waals surface area (Å²) < 4.78 is 4.39. The van der Waals surface area contributed by atoms with Gasteiger partial charge >= 0.3 is 5.65 Å². The molecule has 0 radical (unpaired) electrons. The maximum absolute atomic E-state index is 6.24. The number of anilines is 1. The Balaban J connectivity index is 0.00000289. The van der Waals surface area contributed by atoms with Gasteiger partial charge < -0.3 is 17.3 Å². The number of aryl methyl sites for hydroxylation is 2. The number of hydrogen-bond acceptors (Lipinski definition) is 3. The molecule has 35 heavy (non-hydrogen) atoms. The van der Waals surface area contributed by atoms with Crippen LogP contribution in [-0.2, 0) is 18.5 Å². The fourth-order valence-electron chi connectivity index (χ4n) is 5.09. The fraction of sp³-hybridized carbons (Fsp3) is 0.296. The van der Waals surface area contributed by atoms with Crippen molar-refractivity contribution in [3.63, 3.8) is 0 Å². The van der Waals surface area contributed by atoms with Crippen molar-refractivity contribution in [2.45, 2.75) is 46.2 Å². The molecule has 8 heteroatoms. The molecule has 0 unspecified atom stereocenters. The Morgan fingerprint density at radius 2 is 1.69 bits per heavy atom. The first-order valence-electron chi connectivity index (χ1n) is 11.6. The smallest absolute Gasteiger partial charge is 0.323 e. The third kappa shape index (κ3) is 4.00. The van der Waals surface area contributed by atoms with Gasteiger partial charge in [-0.3, -0.25) is 0 Å². The molecule has 0 aliphatic carbocycles. The minimum Gasteiger partial charge on any atom is -1.00 e. The number of benzene rings is 2. The minimum atomic E-state index is -0.0623. The van der Waals surface area contributed by atoms with Crippen molar-refractivity contribution in [3.8, 4) is 0 Å². The third-order valence-electron chi connectivity index (χ3n) is 6.81. The molecule has 0 saturated carbocycles. The zero-order valence-electron chi connectivity index (χ0n) is 20.5. The van der Waals surface area contributed by atoms with Gasteiger partial charge in [0, 0.05) is 36.0 Å².